The number of hydrogen-bond donors (Lipinski definition) is 0. The van der Waals surface area contributed by atoms with Crippen molar-refractivity contribution in [2.24, 2.45) is 0 Å². The van der Waals surface area contributed by atoms with Crippen LogP contribution in [0.3, 0.4) is 0 Å². The number of ether oxygens (including phenoxy) is 2. The van der Waals surface area contributed by atoms with Gasteiger partial charge in [0.05, 0.1) is 18.8 Å². The molecule has 2 atom stereocenters. The molecular weight excluding hydrogens is 190 g/mol. The van der Waals surface area contributed by atoms with Crippen LogP contribution in [0.5, 0.6) is 0 Å². The highest BCUT2D eigenvalue weighted by atomic mass is 16.5. The van der Waals surface area contributed by atoms with E-state index in [0.29, 0.717) is 12.2 Å². The monoisotopic (exact) mass is 215 g/mol. The van der Waals surface area contributed by atoms with E-state index >= 15 is 0 Å². The van der Waals surface area contributed by atoms with Crippen LogP contribution in [-0.2, 0) is 9.47 Å². The molecule has 90 valence electrons. The first-order valence-corrected chi connectivity index (χ1v) is 6.18. The van der Waals surface area contributed by atoms with Crippen molar-refractivity contribution >= 4 is 0 Å². The van der Waals surface area contributed by atoms with Gasteiger partial charge in [0.25, 0.3) is 0 Å². The van der Waals surface area contributed by atoms with Crippen molar-refractivity contribution in [2.75, 3.05) is 32.8 Å². The molecule has 3 heteroatoms. The van der Waals surface area contributed by atoms with E-state index < -0.39 is 0 Å². The molecule has 0 aromatic rings. The van der Waals surface area contributed by atoms with Crippen molar-refractivity contribution in [2.45, 2.75) is 45.8 Å². The molecule has 0 radical (unpaired) electrons. The summed E-state index contributed by atoms with van der Waals surface area (Å²) in [6, 6.07) is 0. The van der Waals surface area contributed by atoms with E-state index in [1.54, 1.807) is 0 Å². The van der Waals surface area contributed by atoms with Crippen molar-refractivity contribution in [3.05, 3.63) is 0 Å². The van der Waals surface area contributed by atoms with Crippen LogP contribution in [0.15, 0.2) is 0 Å². The van der Waals surface area contributed by atoms with E-state index in [4.69, 9.17) is 9.47 Å². The lowest BCUT2D eigenvalue weighted by molar-refractivity contribution is -0.0227. The number of hydrogen-bond acceptors (Lipinski definition) is 3. The maximum absolute atomic E-state index is 5.65. The highest BCUT2D eigenvalue weighted by Crippen LogP contribution is 2.05. The molecule has 1 aliphatic rings. The second-order valence-corrected chi connectivity index (χ2v) is 4.43. The maximum atomic E-state index is 5.65. The van der Waals surface area contributed by atoms with Gasteiger partial charge in [0.15, 0.2) is 0 Å². The fourth-order valence-electron chi connectivity index (χ4n) is 1.78. The lowest BCUT2D eigenvalue weighted by Crippen LogP contribution is -2.41. The summed E-state index contributed by atoms with van der Waals surface area (Å²) < 4.78 is 11.1. The van der Waals surface area contributed by atoms with Crippen LogP contribution in [0.4, 0.5) is 0 Å². The molecule has 3 nitrogen and oxygen atoms in total. The Labute approximate surface area is 93.7 Å². The van der Waals surface area contributed by atoms with E-state index in [-0.39, 0.29) is 0 Å². The largest absolute Gasteiger partial charge is 0.378 e. The second kappa shape index (κ2) is 7.20. The van der Waals surface area contributed by atoms with Gasteiger partial charge in [-0.15, -0.1) is 0 Å². The van der Waals surface area contributed by atoms with Gasteiger partial charge in [0.1, 0.15) is 0 Å². The number of morpholine rings is 1. The van der Waals surface area contributed by atoms with Gasteiger partial charge in [-0.05, 0) is 26.7 Å². The third-order valence-corrected chi connectivity index (χ3v) is 2.92. The van der Waals surface area contributed by atoms with Gasteiger partial charge in [0.2, 0.25) is 0 Å². The molecule has 0 unspecified atom stereocenters. The summed E-state index contributed by atoms with van der Waals surface area (Å²) in [7, 11) is 0. The van der Waals surface area contributed by atoms with Gasteiger partial charge in [-0.25, -0.2) is 0 Å². The van der Waals surface area contributed by atoms with Gasteiger partial charge < -0.3 is 9.47 Å². The molecule has 0 aromatic carbocycles. The minimum absolute atomic E-state index is 0.397. The maximum Gasteiger partial charge on any atom is 0.0674 e. The lowest BCUT2D eigenvalue weighted by atomic mass is 10.3. The molecule has 0 N–H and O–H groups in total. The van der Waals surface area contributed by atoms with Gasteiger partial charge in [-0.3, -0.25) is 4.90 Å². The second-order valence-electron chi connectivity index (χ2n) is 4.43. The van der Waals surface area contributed by atoms with Gasteiger partial charge in [-0.2, -0.15) is 0 Å². The Balaban J connectivity index is 1.99. The number of nitrogens with zero attached hydrogens (tertiary/aromatic N) is 1. The summed E-state index contributed by atoms with van der Waals surface area (Å²) >= 11 is 0. The van der Waals surface area contributed by atoms with Crippen LogP contribution in [0.2, 0.25) is 0 Å². The zero-order valence-corrected chi connectivity index (χ0v) is 10.4. The van der Waals surface area contributed by atoms with Gasteiger partial charge in [-0.1, -0.05) is 6.92 Å². The molecular formula is C12H25NO2. The van der Waals surface area contributed by atoms with Crippen LogP contribution in [0.1, 0.15) is 33.6 Å². The van der Waals surface area contributed by atoms with Crippen molar-refractivity contribution in [1.29, 1.82) is 0 Å². The zero-order chi connectivity index (χ0) is 11.1. The Bertz CT molecular complexity index is 164. The van der Waals surface area contributed by atoms with Gasteiger partial charge >= 0.3 is 0 Å². The Morgan fingerprint density at radius 3 is 3.00 bits per heavy atom. The van der Waals surface area contributed by atoms with E-state index in [9.17, 15) is 0 Å². The molecule has 1 aliphatic heterocycles. The Kier molecular flexibility index (Phi) is 6.22. The first-order valence-electron chi connectivity index (χ1n) is 6.18. The average Bonchev–Trinajstić information content (AvgIpc) is 2.24. The summed E-state index contributed by atoms with van der Waals surface area (Å²) in [5, 5.41) is 0. The molecule has 0 aliphatic carbocycles. The fraction of sp³-hybridized carbons (Fsp3) is 1.00. The molecule has 0 bridgehead atoms. The van der Waals surface area contributed by atoms with E-state index in [1.807, 2.05) is 0 Å². The molecule has 0 aromatic heterocycles. The Hall–Kier alpha value is -0.120. The summed E-state index contributed by atoms with van der Waals surface area (Å²) in [5.74, 6) is 0. The van der Waals surface area contributed by atoms with E-state index in [1.165, 1.54) is 0 Å². The molecule has 1 fully saturated rings. The lowest BCUT2D eigenvalue weighted by Gasteiger charge is -2.31. The first-order chi connectivity index (χ1) is 7.22. The third-order valence-electron chi connectivity index (χ3n) is 2.92. The SMILES string of the molecule is CC[C@@H](C)OCCCN1CCO[C@@H](C)C1. The first kappa shape index (κ1) is 12.9. The molecule has 1 saturated heterocycles. The zero-order valence-electron chi connectivity index (χ0n) is 10.4. The highest BCUT2D eigenvalue weighted by Gasteiger charge is 2.15. The standard InChI is InChI=1S/C12H25NO2/c1-4-11(2)14-8-5-6-13-7-9-15-12(3)10-13/h11-12H,4-10H2,1-3H3/t11-,12+/m1/s1. The minimum Gasteiger partial charge on any atom is -0.378 e. The van der Waals surface area contributed by atoms with Crippen LogP contribution in [-0.4, -0.2) is 50.0 Å². The average molecular weight is 215 g/mol. The van der Waals surface area contributed by atoms with Crippen LogP contribution in [0, 0.1) is 0 Å². The normalized spacial score (nSPS) is 25.4. The van der Waals surface area contributed by atoms with Crippen LogP contribution in [0.25, 0.3) is 0 Å². The molecule has 1 heterocycles. The summed E-state index contributed by atoms with van der Waals surface area (Å²) in [4.78, 5) is 2.47. The predicted molar refractivity (Wildman–Crippen MR) is 62.2 cm³/mol. The van der Waals surface area contributed by atoms with Crippen molar-refractivity contribution in [1.82, 2.24) is 4.90 Å². The molecule has 0 amide bonds. The van der Waals surface area contributed by atoms with E-state index in [2.05, 4.69) is 25.7 Å². The van der Waals surface area contributed by atoms with Gasteiger partial charge in [0, 0.05) is 26.2 Å². The Morgan fingerprint density at radius 2 is 2.33 bits per heavy atom. The summed E-state index contributed by atoms with van der Waals surface area (Å²) in [6.45, 7) is 11.5. The van der Waals surface area contributed by atoms with Crippen molar-refractivity contribution < 1.29 is 9.47 Å². The number of rotatable bonds is 6. The molecule has 0 spiro atoms. The predicted octanol–water partition coefficient (Wildman–Crippen LogP) is 1.91. The fourth-order valence-corrected chi connectivity index (χ4v) is 1.78. The summed E-state index contributed by atoms with van der Waals surface area (Å²) in [5.41, 5.74) is 0. The summed E-state index contributed by atoms with van der Waals surface area (Å²) in [6.07, 6.45) is 3.05. The smallest absolute Gasteiger partial charge is 0.0674 e. The third kappa shape index (κ3) is 5.50. The van der Waals surface area contributed by atoms with Crippen molar-refractivity contribution in [3.8, 4) is 0 Å². The molecule has 1 rings (SSSR count). The van der Waals surface area contributed by atoms with E-state index in [0.717, 1.165) is 45.7 Å². The molecule has 15 heavy (non-hydrogen) atoms. The topological polar surface area (TPSA) is 21.7 Å². The minimum atomic E-state index is 0.397. The van der Waals surface area contributed by atoms with Crippen LogP contribution >= 0.6 is 0 Å². The van der Waals surface area contributed by atoms with Crippen molar-refractivity contribution in [3.63, 3.8) is 0 Å². The quantitative estimate of drug-likeness (QED) is 0.632. The Morgan fingerprint density at radius 1 is 1.53 bits per heavy atom. The highest BCUT2D eigenvalue weighted by molar-refractivity contribution is 4.67. The molecule has 0 saturated carbocycles. The van der Waals surface area contributed by atoms with Crippen LogP contribution < -0.4 is 0 Å².